The summed E-state index contributed by atoms with van der Waals surface area (Å²) in [6.07, 6.45) is 0.647. The van der Waals surface area contributed by atoms with Gasteiger partial charge < -0.3 is 5.11 Å². The summed E-state index contributed by atoms with van der Waals surface area (Å²) in [4.78, 5) is 4.19. The number of hydrogen-bond acceptors (Lipinski definition) is 3. The Balaban J connectivity index is 2.64. The van der Waals surface area contributed by atoms with Crippen molar-refractivity contribution in [2.45, 2.75) is 46.8 Å². The molecule has 4 heteroatoms. The maximum Gasteiger partial charge on any atom is 0.147 e. The second kappa shape index (κ2) is 4.55. The van der Waals surface area contributed by atoms with Gasteiger partial charge in [0.15, 0.2) is 0 Å². The molecule has 80 valence electrons. The number of nitrogens with zero attached hydrogens (tertiary/aromatic N) is 3. The van der Waals surface area contributed by atoms with Crippen LogP contribution < -0.4 is 0 Å². The minimum absolute atomic E-state index is 0.305. The third kappa shape index (κ3) is 2.54. The smallest absolute Gasteiger partial charge is 0.147 e. The van der Waals surface area contributed by atoms with Gasteiger partial charge in [-0.1, -0.05) is 20.3 Å². The summed E-state index contributed by atoms with van der Waals surface area (Å²) in [5.74, 6) is 1.93. The van der Waals surface area contributed by atoms with Gasteiger partial charge in [0.1, 0.15) is 11.6 Å². The molecule has 0 aromatic carbocycles. The van der Waals surface area contributed by atoms with E-state index in [1.165, 1.54) is 0 Å². The van der Waals surface area contributed by atoms with Crippen molar-refractivity contribution in [3.05, 3.63) is 11.6 Å². The van der Waals surface area contributed by atoms with Crippen LogP contribution in [0.25, 0.3) is 0 Å². The van der Waals surface area contributed by atoms with E-state index in [4.69, 9.17) is 0 Å². The lowest BCUT2D eigenvalue weighted by atomic mass is 10.0. The lowest BCUT2D eigenvalue weighted by Gasteiger charge is -2.17. The van der Waals surface area contributed by atoms with Crippen LogP contribution in [0, 0.1) is 19.8 Å². The summed E-state index contributed by atoms with van der Waals surface area (Å²) in [6, 6.07) is 0. The van der Waals surface area contributed by atoms with Gasteiger partial charge in [-0.3, -0.25) is 0 Å². The third-order valence-electron chi connectivity index (χ3n) is 2.62. The van der Waals surface area contributed by atoms with E-state index in [1.807, 2.05) is 20.8 Å². The highest BCUT2D eigenvalue weighted by Crippen LogP contribution is 2.10. The average Bonchev–Trinajstić information content (AvgIpc) is 2.44. The zero-order valence-corrected chi connectivity index (χ0v) is 9.36. The molecule has 1 aromatic heterocycles. The molecule has 0 saturated carbocycles. The molecular formula is C10H19N3O. The van der Waals surface area contributed by atoms with Gasteiger partial charge in [0.25, 0.3) is 0 Å². The third-order valence-corrected chi connectivity index (χ3v) is 2.62. The fourth-order valence-electron chi connectivity index (χ4n) is 1.36. The predicted octanol–water partition coefficient (Wildman–Crippen LogP) is 1.30. The van der Waals surface area contributed by atoms with E-state index >= 15 is 0 Å². The molecule has 0 aliphatic carbocycles. The number of hydrogen-bond donors (Lipinski definition) is 1. The van der Waals surface area contributed by atoms with Gasteiger partial charge in [0.05, 0.1) is 12.6 Å². The summed E-state index contributed by atoms with van der Waals surface area (Å²) in [6.45, 7) is 8.43. The quantitative estimate of drug-likeness (QED) is 0.791. The molecule has 0 aliphatic heterocycles. The Hall–Kier alpha value is -0.900. The number of aryl methyl sites for hydroxylation is 2. The predicted molar refractivity (Wildman–Crippen MR) is 55.0 cm³/mol. The van der Waals surface area contributed by atoms with E-state index in [0.29, 0.717) is 12.5 Å². The molecule has 1 heterocycles. The van der Waals surface area contributed by atoms with Gasteiger partial charge in [-0.05, 0) is 19.8 Å². The Morgan fingerprint density at radius 3 is 2.50 bits per heavy atom. The molecule has 1 aromatic rings. The highest BCUT2D eigenvalue weighted by molar-refractivity contribution is 4.88. The highest BCUT2D eigenvalue weighted by Gasteiger charge is 2.14. The van der Waals surface area contributed by atoms with Crippen LogP contribution >= 0.6 is 0 Å². The van der Waals surface area contributed by atoms with Crippen molar-refractivity contribution in [1.82, 2.24) is 14.8 Å². The first-order chi connectivity index (χ1) is 6.54. The molecule has 0 bridgehead atoms. The van der Waals surface area contributed by atoms with Crippen molar-refractivity contribution in [2.24, 2.45) is 5.92 Å². The molecule has 14 heavy (non-hydrogen) atoms. The molecule has 4 nitrogen and oxygen atoms in total. The van der Waals surface area contributed by atoms with Gasteiger partial charge >= 0.3 is 0 Å². The molecule has 2 atom stereocenters. The van der Waals surface area contributed by atoms with Crippen LogP contribution in [0.3, 0.4) is 0 Å². The fraction of sp³-hybridized carbons (Fsp3) is 0.800. The summed E-state index contributed by atoms with van der Waals surface area (Å²) >= 11 is 0. The standard InChI is InChI=1S/C10H19N3O/c1-5-7(2)10(14)6-13-9(4)11-8(3)12-13/h7,10,14H,5-6H2,1-4H3. The largest absolute Gasteiger partial charge is 0.391 e. The summed E-state index contributed by atoms with van der Waals surface area (Å²) in [7, 11) is 0. The van der Waals surface area contributed by atoms with Crippen LogP contribution in [0.15, 0.2) is 0 Å². The summed E-state index contributed by atoms with van der Waals surface area (Å²) in [5.41, 5.74) is 0. The number of aliphatic hydroxyl groups excluding tert-OH is 1. The minimum atomic E-state index is -0.334. The van der Waals surface area contributed by atoms with Crippen molar-refractivity contribution in [1.29, 1.82) is 0 Å². The zero-order valence-electron chi connectivity index (χ0n) is 9.36. The van der Waals surface area contributed by atoms with Crippen LogP contribution in [-0.2, 0) is 6.54 Å². The molecule has 0 spiro atoms. The normalized spacial score (nSPS) is 15.5. The number of rotatable bonds is 4. The van der Waals surface area contributed by atoms with Gasteiger partial charge in [-0.2, -0.15) is 5.10 Å². The van der Waals surface area contributed by atoms with Crippen molar-refractivity contribution in [3.8, 4) is 0 Å². The first-order valence-corrected chi connectivity index (χ1v) is 5.10. The first-order valence-electron chi connectivity index (χ1n) is 5.10. The van der Waals surface area contributed by atoms with Gasteiger partial charge in [-0.25, -0.2) is 9.67 Å². The number of aliphatic hydroxyl groups is 1. The van der Waals surface area contributed by atoms with E-state index in [9.17, 15) is 5.11 Å². The molecule has 0 amide bonds. The molecule has 0 saturated heterocycles. The Bertz CT molecular complexity index is 296. The van der Waals surface area contributed by atoms with Crippen molar-refractivity contribution in [2.75, 3.05) is 0 Å². The monoisotopic (exact) mass is 197 g/mol. The molecule has 0 aliphatic rings. The van der Waals surface area contributed by atoms with E-state index < -0.39 is 0 Å². The van der Waals surface area contributed by atoms with Crippen LogP contribution in [0.2, 0.25) is 0 Å². The second-order valence-electron chi connectivity index (χ2n) is 3.84. The molecule has 1 rings (SSSR count). The maximum absolute atomic E-state index is 9.82. The van der Waals surface area contributed by atoms with Crippen molar-refractivity contribution >= 4 is 0 Å². The van der Waals surface area contributed by atoms with E-state index in [0.717, 1.165) is 18.1 Å². The molecule has 0 fully saturated rings. The Morgan fingerprint density at radius 2 is 2.07 bits per heavy atom. The van der Waals surface area contributed by atoms with Crippen LogP contribution in [-0.4, -0.2) is 26.0 Å². The van der Waals surface area contributed by atoms with Gasteiger partial charge in [-0.15, -0.1) is 0 Å². The Morgan fingerprint density at radius 1 is 1.43 bits per heavy atom. The lowest BCUT2D eigenvalue weighted by Crippen LogP contribution is -2.24. The van der Waals surface area contributed by atoms with E-state index in [1.54, 1.807) is 4.68 Å². The minimum Gasteiger partial charge on any atom is -0.391 e. The SMILES string of the molecule is CCC(C)C(O)Cn1nc(C)nc1C. The molecule has 2 unspecified atom stereocenters. The summed E-state index contributed by atoms with van der Waals surface area (Å²) < 4.78 is 1.77. The van der Waals surface area contributed by atoms with Crippen LogP contribution in [0.5, 0.6) is 0 Å². The zero-order chi connectivity index (χ0) is 10.7. The van der Waals surface area contributed by atoms with E-state index in [2.05, 4.69) is 17.0 Å². The topological polar surface area (TPSA) is 50.9 Å². The fourth-order valence-corrected chi connectivity index (χ4v) is 1.36. The van der Waals surface area contributed by atoms with Crippen molar-refractivity contribution in [3.63, 3.8) is 0 Å². The average molecular weight is 197 g/mol. The Labute approximate surface area is 85.0 Å². The van der Waals surface area contributed by atoms with Crippen LogP contribution in [0.1, 0.15) is 31.9 Å². The highest BCUT2D eigenvalue weighted by atomic mass is 16.3. The van der Waals surface area contributed by atoms with Gasteiger partial charge in [0.2, 0.25) is 0 Å². The lowest BCUT2D eigenvalue weighted by molar-refractivity contribution is 0.0920. The Kier molecular flexibility index (Phi) is 3.63. The second-order valence-corrected chi connectivity index (χ2v) is 3.84. The maximum atomic E-state index is 9.82. The summed E-state index contributed by atoms with van der Waals surface area (Å²) in [5, 5.41) is 14.0. The molecule has 0 radical (unpaired) electrons. The van der Waals surface area contributed by atoms with Gasteiger partial charge in [0, 0.05) is 0 Å². The van der Waals surface area contributed by atoms with E-state index in [-0.39, 0.29) is 6.10 Å². The first kappa shape index (κ1) is 11.2. The number of aromatic nitrogens is 3. The van der Waals surface area contributed by atoms with Crippen molar-refractivity contribution < 1.29 is 5.11 Å². The molecule has 1 N–H and O–H groups in total. The molecular weight excluding hydrogens is 178 g/mol. The van der Waals surface area contributed by atoms with Crippen LogP contribution in [0.4, 0.5) is 0 Å².